The average Bonchev–Trinajstić information content (AvgIpc) is 2.61. The van der Waals surface area contributed by atoms with Crippen LogP contribution in [0.15, 0.2) is 45.7 Å². The van der Waals surface area contributed by atoms with Gasteiger partial charge in [-0.25, -0.2) is 0 Å². The Balaban J connectivity index is 2.06. The zero-order valence-electron chi connectivity index (χ0n) is 13.9. The van der Waals surface area contributed by atoms with E-state index in [4.69, 9.17) is 21.1 Å². The Morgan fingerprint density at radius 2 is 1.85 bits per heavy atom. The fraction of sp³-hybridized carbons (Fsp3) is 0.111. The molecule has 0 aliphatic carbocycles. The number of benzene rings is 2. The molecule has 26 heavy (non-hydrogen) atoms. The lowest BCUT2D eigenvalue weighted by Crippen LogP contribution is -2.17. The number of amides is 1. The minimum Gasteiger partial charge on any atom is -0.495 e. The lowest BCUT2D eigenvalue weighted by Gasteiger charge is -2.14. The number of H-pyrrole nitrogens is 1. The maximum Gasteiger partial charge on any atom is 0.256 e. The molecule has 0 spiro atoms. The number of aromatic nitrogens is 1. The van der Waals surface area contributed by atoms with Gasteiger partial charge in [0.2, 0.25) is 5.56 Å². The summed E-state index contributed by atoms with van der Waals surface area (Å²) >= 11 is 9.51. The molecular formula is C18H14BrClN2O4. The van der Waals surface area contributed by atoms with Gasteiger partial charge in [0.1, 0.15) is 11.5 Å². The van der Waals surface area contributed by atoms with Crippen LogP contribution in [0.4, 0.5) is 5.69 Å². The molecule has 0 saturated heterocycles. The maximum absolute atomic E-state index is 12.8. The summed E-state index contributed by atoms with van der Waals surface area (Å²) in [5.74, 6) is 0.348. The van der Waals surface area contributed by atoms with Crippen LogP contribution in [0.2, 0.25) is 5.02 Å². The maximum atomic E-state index is 12.8. The number of anilines is 1. The molecule has 0 unspecified atom stereocenters. The highest BCUT2D eigenvalue weighted by atomic mass is 79.9. The number of pyridine rings is 1. The number of carbonyl (C=O) groups excluding carboxylic acids is 1. The number of hydrogen-bond donors (Lipinski definition) is 2. The highest BCUT2D eigenvalue weighted by molar-refractivity contribution is 9.10. The summed E-state index contributed by atoms with van der Waals surface area (Å²) in [5.41, 5.74) is 0.793. The van der Waals surface area contributed by atoms with Gasteiger partial charge in [0, 0.05) is 27.5 Å². The van der Waals surface area contributed by atoms with Crippen molar-refractivity contribution in [3.05, 3.63) is 61.8 Å². The quantitative estimate of drug-likeness (QED) is 0.641. The van der Waals surface area contributed by atoms with Crippen molar-refractivity contribution in [3.63, 3.8) is 0 Å². The van der Waals surface area contributed by atoms with Gasteiger partial charge in [0.25, 0.3) is 5.91 Å². The van der Waals surface area contributed by atoms with E-state index in [1.165, 1.54) is 26.4 Å². The minimum absolute atomic E-state index is 0.235. The number of rotatable bonds is 4. The first kappa shape index (κ1) is 18.3. The van der Waals surface area contributed by atoms with Gasteiger partial charge in [-0.05, 0) is 24.3 Å². The van der Waals surface area contributed by atoms with Crippen molar-refractivity contribution < 1.29 is 14.3 Å². The first-order valence-corrected chi connectivity index (χ1v) is 8.65. The Morgan fingerprint density at radius 1 is 1.12 bits per heavy atom. The van der Waals surface area contributed by atoms with Crippen molar-refractivity contribution in [2.24, 2.45) is 0 Å². The van der Waals surface area contributed by atoms with Crippen molar-refractivity contribution in [1.82, 2.24) is 4.98 Å². The molecule has 0 bridgehead atoms. The minimum atomic E-state index is -0.460. The molecule has 2 N–H and O–H groups in total. The van der Waals surface area contributed by atoms with E-state index in [2.05, 4.69) is 26.2 Å². The molecule has 3 aromatic rings. The van der Waals surface area contributed by atoms with Gasteiger partial charge < -0.3 is 19.8 Å². The molecule has 0 fully saturated rings. The zero-order chi connectivity index (χ0) is 18.8. The van der Waals surface area contributed by atoms with E-state index in [9.17, 15) is 9.59 Å². The summed E-state index contributed by atoms with van der Waals surface area (Å²) in [4.78, 5) is 27.4. The Labute approximate surface area is 162 Å². The molecule has 0 aliphatic rings. The summed E-state index contributed by atoms with van der Waals surface area (Å²) in [7, 11) is 2.96. The van der Waals surface area contributed by atoms with Crippen molar-refractivity contribution in [1.29, 1.82) is 0 Å². The van der Waals surface area contributed by atoms with Crippen LogP contribution < -0.4 is 20.3 Å². The Morgan fingerprint density at radius 3 is 2.54 bits per heavy atom. The molecule has 0 radical (unpaired) electrons. The highest BCUT2D eigenvalue weighted by Gasteiger charge is 2.16. The van der Waals surface area contributed by atoms with Gasteiger partial charge in [-0.15, -0.1) is 0 Å². The predicted molar refractivity (Wildman–Crippen MR) is 105 cm³/mol. The number of halogens is 2. The van der Waals surface area contributed by atoms with E-state index in [1.807, 2.05) is 0 Å². The molecule has 1 heterocycles. The molecule has 8 heteroatoms. The van der Waals surface area contributed by atoms with Crippen molar-refractivity contribution in [2.45, 2.75) is 0 Å². The van der Waals surface area contributed by atoms with Crippen LogP contribution in [0.5, 0.6) is 11.5 Å². The van der Waals surface area contributed by atoms with Crippen molar-refractivity contribution >= 4 is 50.0 Å². The molecular weight excluding hydrogens is 424 g/mol. The number of carbonyl (C=O) groups is 1. The van der Waals surface area contributed by atoms with Crippen LogP contribution in [0.25, 0.3) is 10.9 Å². The highest BCUT2D eigenvalue weighted by Crippen LogP contribution is 2.36. The van der Waals surface area contributed by atoms with Crippen LogP contribution in [0.1, 0.15) is 10.4 Å². The third-order valence-corrected chi connectivity index (χ3v) is 4.56. The zero-order valence-corrected chi connectivity index (χ0v) is 16.2. The molecule has 1 amide bonds. The molecule has 1 aromatic heterocycles. The number of methoxy groups -OCH3 is 2. The molecule has 134 valence electrons. The predicted octanol–water partition coefficient (Wildman–Crippen LogP) is 4.21. The SMILES string of the molecule is COc1cc(OC)c(NC(=O)c2cc(=O)[nH]c3ccc(Br)cc23)cc1Cl. The van der Waals surface area contributed by atoms with Gasteiger partial charge in [-0.1, -0.05) is 27.5 Å². The first-order chi connectivity index (χ1) is 12.4. The molecule has 0 atom stereocenters. The largest absolute Gasteiger partial charge is 0.495 e. The normalized spacial score (nSPS) is 10.6. The lowest BCUT2D eigenvalue weighted by atomic mass is 10.1. The van der Waals surface area contributed by atoms with E-state index in [0.29, 0.717) is 33.1 Å². The van der Waals surface area contributed by atoms with E-state index in [0.717, 1.165) is 4.47 Å². The van der Waals surface area contributed by atoms with E-state index in [1.54, 1.807) is 24.3 Å². The van der Waals surface area contributed by atoms with Gasteiger partial charge >= 0.3 is 0 Å². The summed E-state index contributed by atoms with van der Waals surface area (Å²) in [5, 5.41) is 3.66. The third kappa shape index (κ3) is 3.54. The summed E-state index contributed by atoms with van der Waals surface area (Å²) in [6.45, 7) is 0. The van der Waals surface area contributed by atoms with E-state index in [-0.39, 0.29) is 11.1 Å². The van der Waals surface area contributed by atoms with Gasteiger partial charge in [-0.2, -0.15) is 0 Å². The summed E-state index contributed by atoms with van der Waals surface area (Å²) in [6, 6.07) is 9.63. The van der Waals surface area contributed by atoms with Crippen molar-refractivity contribution in [2.75, 3.05) is 19.5 Å². The summed E-state index contributed by atoms with van der Waals surface area (Å²) < 4.78 is 11.2. The van der Waals surface area contributed by atoms with Gasteiger partial charge in [0.15, 0.2) is 0 Å². The van der Waals surface area contributed by atoms with Crippen LogP contribution in [0, 0.1) is 0 Å². The molecule has 6 nitrogen and oxygen atoms in total. The standard InChI is InChI=1S/C18H14BrClN2O4/c1-25-15-8-16(26-2)14(7-12(15)20)22-18(24)11-6-17(23)21-13-4-3-9(19)5-10(11)13/h3-8H,1-2H3,(H,21,23)(H,22,24). The second-order valence-corrected chi connectivity index (χ2v) is 6.70. The van der Waals surface area contributed by atoms with Crippen molar-refractivity contribution in [3.8, 4) is 11.5 Å². The number of ether oxygens (including phenoxy) is 2. The van der Waals surface area contributed by atoms with Crippen LogP contribution in [-0.4, -0.2) is 25.1 Å². The fourth-order valence-electron chi connectivity index (χ4n) is 2.56. The van der Waals surface area contributed by atoms with Crippen LogP contribution in [-0.2, 0) is 0 Å². The monoisotopic (exact) mass is 436 g/mol. The topological polar surface area (TPSA) is 80.4 Å². The Kier molecular flexibility index (Phi) is 5.20. The Bertz CT molecular complexity index is 1060. The Hall–Kier alpha value is -2.51. The average molecular weight is 438 g/mol. The second kappa shape index (κ2) is 7.39. The number of aromatic amines is 1. The van der Waals surface area contributed by atoms with Crippen LogP contribution >= 0.6 is 27.5 Å². The lowest BCUT2D eigenvalue weighted by molar-refractivity contribution is 0.102. The molecule has 0 saturated carbocycles. The first-order valence-electron chi connectivity index (χ1n) is 7.48. The van der Waals surface area contributed by atoms with E-state index >= 15 is 0 Å². The van der Waals surface area contributed by atoms with E-state index < -0.39 is 5.91 Å². The number of hydrogen-bond acceptors (Lipinski definition) is 4. The third-order valence-electron chi connectivity index (χ3n) is 3.77. The number of nitrogens with one attached hydrogen (secondary N) is 2. The van der Waals surface area contributed by atoms with Gasteiger partial charge in [-0.3, -0.25) is 9.59 Å². The number of fused-ring (bicyclic) bond motifs is 1. The van der Waals surface area contributed by atoms with Crippen LogP contribution in [0.3, 0.4) is 0 Å². The molecule has 3 rings (SSSR count). The fourth-order valence-corrected chi connectivity index (χ4v) is 3.16. The molecule has 2 aromatic carbocycles. The molecule has 0 aliphatic heterocycles. The summed E-state index contributed by atoms with van der Waals surface area (Å²) in [6.07, 6.45) is 0. The smallest absolute Gasteiger partial charge is 0.256 e. The van der Waals surface area contributed by atoms with Gasteiger partial charge in [0.05, 0.1) is 30.5 Å². The second-order valence-electron chi connectivity index (χ2n) is 5.38.